The zero-order valence-corrected chi connectivity index (χ0v) is 9.97. The summed E-state index contributed by atoms with van der Waals surface area (Å²) in [5.74, 6) is 2.59. The van der Waals surface area contributed by atoms with Crippen LogP contribution in [0.4, 0.5) is 0 Å². The Morgan fingerprint density at radius 3 is 2.47 bits per heavy atom. The van der Waals surface area contributed by atoms with Gasteiger partial charge in [0.1, 0.15) is 0 Å². The van der Waals surface area contributed by atoms with Gasteiger partial charge in [0.05, 0.1) is 6.04 Å². The second-order valence-electron chi connectivity index (χ2n) is 3.65. The molecule has 15 heavy (non-hydrogen) atoms. The zero-order valence-electron chi connectivity index (χ0n) is 9.97. The molecule has 0 aromatic carbocycles. The first-order valence-corrected chi connectivity index (χ1v) is 5.62. The van der Waals surface area contributed by atoms with Gasteiger partial charge in [-0.2, -0.15) is 0 Å². The smallest absolute Gasteiger partial charge is 0.237 e. The van der Waals surface area contributed by atoms with Crippen LogP contribution in [0, 0.1) is 12.3 Å². The van der Waals surface area contributed by atoms with Gasteiger partial charge in [-0.1, -0.05) is 13.8 Å². The number of amides is 1. The van der Waals surface area contributed by atoms with Crippen LogP contribution in [0.25, 0.3) is 0 Å². The van der Waals surface area contributed by atoms with Gasteiger partial charge in [-0.15, -0.1) is 12.3 Å². The maximum Gasteiger partial charge on any atom is 0.237 e. The Balaban J connectivity index is 3.83. The predicted octanol–water partition coefficient (Wildman–Crippen LogP) is 1.29. The first-order chi connectivity index (χ1) is 7.15. The second kappa shape index (κ2) is 8.31. The van der Waals surface area contributed by atoms with Crippen molar-refractivity contribution < 1.29 is 4.79 Å². The lowest BCUT2D eigenvalue weighted by atomic mass is 10.1. The van der Waals surface area contributed by atoms with Crippen molar-refractivity contribution >= 4 is 5.91 Å². The summed E-state index contributed by atoms with van der Waals surface area (Å²) in [6.45, 7) is 6.69. The SMILES string of the molecule is C#CCCNC(C)C(=O)NC(CC)CC. The highest BCUT2D eigenvalue weighted by Crippen LogP contribution is 1.96. The maximum atomic E-state index is 11.6. The fourth-order valence-corrected chi connectivity index (χ4v) is 1.27. The van der Waals surface area contributed by atoms with Crippen LogP contribution in [0.3, 0.4) is 0 Å². The lowest BCUT2D eigenvalue weighted by Crippen LogP contribution is -2.46. The molecule has 0 aromatic heterocycles. The number of carbonyl (C=O) groups excluding carboxylic acids is 1. The van der Waals surface area contributed by atoms with Crippen LogP contribution < -0.4 is 10.6 Å². The van der Waals surface area contributed by atoms with Crippen molar-refractivity contribution in [2.75, 3.05) is 6.54 Å². The number of nitrogens with one attached hydrogen (secondary N) is 2. The van der Waals surface area contributed by atoms with Crippen LogP contribution >= 0.6 is 0 Å². The van der Waals surface area contributed by atoms with Gasteiger partial charge in [-0.25, -0.2) is 0 Å². The maximum absolute atomic E-state index is 11.6. The van der Waals surface area contributed by atoms with E-state index in [1.165, 1.54) is 0 Å². The van der Waals surface area contributed by atoms with E-state index in [0.717, 1.165) is 12.8 Å². The molecule has 0 fully saturated rings. The molecule has 0 aliphatic carbocycles. The summed E-state index contributed by atoms with van der Waals surface area (Å²) < 4.78 is 0. The van der Waals surface area contributed by atoms with Crippen LogP contribution in [-0.2, 0) is 4.79 Å². The number of hydrogen-bond acceptors (Lipinski definition) is 2. The van der Waals surface area contributed by atoms with Crippen molar-refractivity contribution in [1.82, 2.24) is 10.6 Å². The Morgan fingerprint density at radius 1 is 1.40 bits per heavy atom. The van der Waals surface area contributed by atoms with Crippen LogP contribution in [0.15, 0.2) is 0 Å². The fraction of sp³-hybridized carbons (Fsp3) is 0.750. The predicted molar refractivity (Wildman–Crippen MR) is 63.4 cm³/mol. The van der Waals surface area contributed by atoms with E-state index < -0.39 is 0 Å². The number of terminal acetylenes is 1. The Morgan fingerprint density at radius 2 is 2.00 bits per heavy atom. The van der Waals surface area contributed by atoms with Crippen molar-refractivity contribution in [3.63, 3.8) is 0 Å². The van der Waals surface area contributed by atoms with Crippen LogP contribution in [-0.4, -0.2) is 24.5 Å². The van der Waals surface area contributed by atoms with Crippen molar-refractivity contribution in [2.45, 2.75) is 52.1 Å². The largest absolute Gasteiger partial charge is 0.352 e. The minimum absolute atomic E-state index is 0.0562. The Hall–Kier alpha value is -1.01. The van der Waals surface area contributed by atoms with Gasteiger partial charge >= 0.3 is 0 Å². The van der Waals surface area contributed by atoms with Crippen molar-refractivity contribution in [3.05, 3.63) is 0 Å². The monoisotopic (exact) mass is 210 g/mol. The molecule has 0 saturated carbocycles. The molecule has 0 spiro atoms. The third-order valence-electron chi connectivity index (χ3n) is 2.45. The lowest BCUT2D eigenvalue weighted by Gasteiger charge is -2.18. The van der Waals surface area contributed by atoms with Gasteiger partial charge in [0.2, 0.25) is 5.91 Å². The molecular weight excluding hydrogens is 188 g/mol. The first kappa shape index (κ1) is 14.0. The minimum atomic E-state index is -0.168. The van der Waals surface area contributed by atoms with Crippen LogP contribution in [0.1, 0.15) is 40.0 Å². The van der Waals surface area contributed by atoms with Crippen molar-refractivity contribution in [3.8, 4) is 12.3 Å². The Kier molecular flexibility index (Phi) is 7.75. The van der Waals surface area contributed by atoms with E-state index in [9.17, 15) is 4.79 Å². The third-order valence-corrected chi connectivity index (χ3v) is 2.45. The molecule has 0 aromatic rings. The number of hydrogen-bond donors (Lipinski definition) is 2. The molecule has 0 rings (SSSR count). The summed E-state index contributed by atoms with van der Waals surface area (Å²) in [4.78, 5) is 11.6. The van der Waals surface area contributed by atoms with E-state index in [2.05, 4.69) is 30.4 Å². The van der Waals surface area contributed by atoms with E-state index >= 15 is 0 Å². The summed E-state index contributed by atoms with van der Waals surface area (Å²) in [5, 5.41) is 6.07. The molecule has 0 heterocycles. The van der Waals surface area contributed by atoms with E-state index in [1.54, 1.807) is 0 Å². The molecule has 3 nitrogen and oxygen atoms in total. The van der Waals surface area contributed by atoms with Gasteiger partial charge < -0.3 is 10.6 Å². The molecule has 0 saturated heterocycles. The van der Waals surface area contributed by atoms with Crippen LogP contribution in [0.5, 0.6) is 0 Å². The van der Waals surface area contributed by atoms with Gasteiger partial charge in [0, 0.05) is 19.0 Å². The average Bonchev–Trinajstić information content (AvgIpc) is 2.25. The second-order valence-corrected chi connectivity index (χ2v) is 3.65. The van der Waals surface area contributed by atoms with Gasteiger partial charge in [0.25, 0.3) is 0 Å². The summed E-state index contributed by atoms with van der Waals surface area (Å²) in [6, 6.07) is 0.119. The van der Waals surface area contributed by atoms with E-state index in [-0.39, 0.29) is 18.0 Å². The molecule has 1 amide bonds. The number of carbonyl (C=O) groups is 1. The highest BCUT2D eigenvalue weighted by atomic mass is 16.2. The molecule has 3 heteroatoms. The van der Waals surface area contributed by atoms with Crippen LogP contribution in [0.2, 0.25) is 0 Å². The molecule has 1 atom stereocenters. The normalized spacial score (nSPS) is 12.2. The van der Waals surface area contributed by atoms with Crippen molar-refractivity contribution in [2.24, 2.45) is 0 Å². The summed E-state index contributed by atoms with van der Waals surface area (Å²) in [5.41, 5.74) is 0. The summed E-state index contributed by atoms with van der Waals surface area (Å²) in [7, 11) is 0. The highest BCUT2D eigenvalue weighted by molar-refractivity contribution is 5.81. The van der Waals surface area contributed by atoms with Gasteiger partial charge in [-0.05, 0) is 19.8 Å². The molecule has 0 aliphatic rings. The summed E-state index contributed by atoms with van der Waals surface area (Å²) >= 11 is 0. The highest BCUT2D eigenvalue weighted by Gasteiger charge is 2.14. The van der Waals surface area contributed by atoms with Gasteiger partial charge in [-0.3, -0.25) is 4.79 Å². The first-order valence-electron chi connectivity index (χ1n) is 5.62. The quantitative estimate of drug-likeness (QED) is 0.491. The van der Waals surface area contributed by atoms with E-state index in [4.69, 9.17) is 6.42 Å². The molecule has 0 bridgehead atoms. The third kappa shape index (κ3) is 6.14. The van der Waals surface area contributed by atoms with Crippen molar-refractivity contribution in [1.29, 1.82) is 0 Å². The molecule has 0 aliphatic heterocycles. The average molecular weight is 210 g/mol. The fourth-order valence-electron chi connectivity index (χ4n) is 1.27. The number of rotatable bonds is 7. The van der Waals surface area contributed by atoms with E-state index in [0.29, 0.717) is 13.0 Å². The minimum Gasteiger partial charge on any atom is -0.352 e. The molecule has 86 valence electrons. The summed E-state index contributed by atoms with van der Waals surface area (Å²) in [6.07, 6.45) is 7.72. The molecule has 1 unspecified atom stereocenters. The van der Waals surface area contributed by atoms with Gasteiger partial charge in [0.15, 0.2) is 0 Å². The Bertz CT molecular complexity index is 216. The molecule has 2 N–H and O–H groups in total. The molecule has 0 radical (unpaired) electrons. The lowest BCUT2D eigenvalue weighted by molar-refractivity contribution is -0.123. The zero-order chi connectivity index (χ0) is 11.7. The standard InChI is InChI=1S/C12H22N2O/c1-5-8-9-13-10(4)12(15)14-11(6-2)7-3/h1,10-11,13H,6-9H2,2-4H3,(H,14,15). The Labute approximate surface area is 93.0 Å². The molecular formula is C12H22N2O. The van der Waals surface area contributed by atoms with E-state index in [1.807, 2.05) is 6.92 Å². The topological polar surface area (TPSA) is 41.1 Å².